The number of fused-ring (bicyclic) bond motifs is 1. The topological polar surface area (TPSA) is 132 Å². The molecule has 1 N–H and O–H groups in total. The van der Waals surface area contributed by atoms with Crippen molar-refractivity contribution in [3.8, 4) is 0 Å². The summed E-state index contributed by atoms with van der Waals surface area (Å²) in [4.78, 5) is 68.3. The molecule has 0 spiro atoms. The second-order valence-corrected chi connectivity index (χ2v) is 14.0. The van der Waals surface area contributed by atoms with E-state index in [2.05, 4.69) is 5.43 Å². The van der Waals surface area contributed by atoms with Crippen LogP contribution in [0.15, 0.2) is 89.4 Å². The molecule has 2 aliphatic heterocycles. The van der Waals surface area contributed by atoms with Crippen LogP contribution in [0.3, 0.4) is 0 Å². The number of hydrazine groups is 1. The number of thiophene rings is 1. The van der Waals surface area contributed by atoms with Crippen LogP contribution in [0.5, 0.6) is 0 Å². The smallest absolute Gasteiger partial charge is 0.426 e. The van der Waals surface area contributed by atoms with Gasteiger partial charge in [0.25, 0.3) is 5.91 Å². The van der Waals surface area contributed by atoms with Gasteiger partial charge in [0, 0.05) is 23.1 Å². The molecule has 47 heavy (non-hydrogen) atoms. The van der Waals surface area contributed by atoms with Crippen molar-refractivity contribution in [2.75, 3.05) is 12.4 Å². The Labute approximate surface area is 280 Å². The second kappa shape index (κ2) is 14.4. The van der Waals surface area contributed by atoms with Crippen molar-refractivity contribution in [1.29, 1.82) is 0 Å². The van der Waals surface area contributed by atoms with Crippen LogP contribution < -0.4 is 5.43 Å². The zero-order valence-electron chi connectivity index (χ0n) is 26.3. The van der Waals surface area contributed by atoms with Crippen molar-refractivity contribution in [3.05, 3.63) is 105 Å². The molecule has 13 heteroatoms. The lowest BCUT2D eigenvalue weighted by molar-refractivity contribution is -0.164. The number of hydrogen-bond donors (Lipinski definition) is 1. The molecule has 246 valence electrons. The number of β-lactam (4-membered cyclic amide) rings is 1. The summed E-state index contributed by atoms with van der Waals surface area (Å²) >= 11 is 2.65. The molecule has 3 heterocycles. The normalized spacial score (nSPS) is 17.4. The number of esters is 2. The highest BCUT2D eigenvalue weighted by Crippen LogP contribution is 2.43. The molecule has 0 saturated carbocycles. The Balaban J connectivity index is 1.46. The van der Waals surface area contributed by atoms with Crippen LogP contribution in [0.2, 0.25) is 0 Å². The highest BCUT2D eigenvalue weighted by Gasteiger charge is 2.58. The van der Waals surface area contributed by atoms with Crippen LogP contribution in [0.1, 0.15) is 49.8 Å². The number of rotatable bonds is 9. The van der Waals surface area contributed by atoms with Gasteiger partial charge in [0.15, 0.2) is 12.1 Å². The van der Waals surface area contributed by atoms with Gasteiger partial charge in [-0.2, -0.15) is 0 Å². The first-order valence-electron chi connectivity index (χ1n) is 14.9. The summed E-state index contributed by atoms with van der Waals surface area (Å²) in [5, 5.41) is 2.08. The maximum atomic E-state index is 14.1. The van der Waals surface area contributed by atoms with Crippen molar-refractivity contribution >= 4 is 52.9 Å². The molecule has 3 aromatic rings. The lowest BCUT2D eigenvalue weighted by atomic mass is 10.00. The molecule has 5 rings (SSSR count). The highest BCUT2D eigenvalue weighted by molar-refractivity contribution is 8.00. The molecule has 2 atom stereocenters. The van der Waals surface area contributed by atoms with Crippen LogP contribution in [0, 0.1) is 0 Å². The van der Waals surface area contributed by atoms with Gasteiger partial charge in [-0.15, -0.1) is 23.1 Å². The quantitative estimate of drug-likeness (QED) is 0.144. The molecule has 1 aromatic heterocycles. The first-order chi connectivity index (χ1) is 22.4. The number of amides is 3. The summed E-state index contributed by atoms with van der Waals surface area (Å²) in [5.74, 6) is -2.28. The van der Waals surface area contributed by atoms with Gasteiger partial charge in [-0.25, -0.2) is 20.0 Å². The van der Waals surface area contributed by atoms with Gasteiger partial charge < -0.3 is 14.2 Å². The molecular formula is C34H35N3O8S2. The molecule has 0 aliphatic carbocycles. The van der Waals surface area contributed by atoms with Gasteiger partial charge in [0.2, 0.25) is 5.91 Å². The van der Waals surface area contributed by atoms with Gasteiger partial charge >= 0.3 is 18.0 Å². The molecule has 11 nitrogen and oxygen atoms in total. The van der Waals surface area contributed by atoms with Crippen LogP contribution in [-0.4, -0.2) is 69.1 Å². The molecule has 1 unspecified atom stereocenters. The number of nitrogens with zero attached hydrogens (tertiary/aromatic N) is 2. The lowest BCUT2D eigenvalue weighted by Crippen LogP contribution is -2.74. The Morgan fingerprint density at radius 1 is 0.979 bits per heavy atom. The Kier molecular flexibility index (Phi) is 10.4. The molecule has 0 bridgehead atoms. The Bertz CT molecular complexity index is 1620. The van der Waals surface area contributed by atoms with E-state index in [-0.39, 0.29) is 24.5 Å². The minimum atomic E-state index is -1.14. The van der Waals surface area contributed by atoms with Crippen molar-refractivity contribution in [3.63, 3.8) is 0 Å². The lowest BCUT2D eigenvalue weighted by Gasteiger charge is -2.52. The monoisotopic (exact) mass is 677 g/mol. The largest absolute Gasteiger partial charge is 0.461 e. The third-order valence-corrected chi connectivity index (χ3v) is 9.36. The minimum Gasteiger partial charge on any atom is -0.461 e. The molecular weight excluding hydrogens is 643 g/mol. The second-order valence-electron chi connectivity index (χ2n) is 11.8. The summed E-state index contributed by atoms with van der Waals surface area (Å²) in [6.45, 7) is 6.07. The van der Waals surface area contributed by atoms with Gasteiger partial charge in [-0.3, -0.25) is 19.3 Å². The molecule has 2 aliphatic rings. The zero-order valence-corrected chi connectivity index (χ0v) is 28.0. The van der Waals surface area contributed by atoms with E-state index in [1.54, 1.807) is 32.9 Å². The van der Waals surface area contributed by atoms with Crippen molar-refractivity contribution in [2.24, 2.45) is 0 Å². The zero-order chi connectivity index (χ0) is 33.7. The van der Waals surface area contributed by atoms with Crippen molar-refractivity contribution < 1.29 is 38.2 Å². The maximum Gasteiger partial charge on any atom is 0.426 e. The van der Waals surface area contributed by atoms with E-state index >= 15 is 0 Å². The average molecular weight is 678 g/mol. The van der Waals surface area contributed by atoms with Gasteiger partial charge in [-0.05, 0) is 43.3 Å². The molecule has 1 fully saturated rings. The predicted molar refractivity (Wildman–Crippen MR) is 176 cm³/mol. The first-order valence-corrected chi connectivity index (χ1v) is 16.8. The number of ether oxygens (including phenoxy) is 3. The summed E-state index contributed by atoms with van der Waals surface area (Å²) in [7, 11) is 0. The molecule has 0 radical (unpaired) electrons. The Morgan fingerprint density at radius 3 is 2.17 bits per heavy atom. The standard InChI is InChI=1S/C34H35N3O8S2/c1-21(38)43-19-24-20-47-31-28(37(35-33(42)45-34(2,3)4)26(39)18-25-16-11-17-46-25)30(40)36(31)27(24)32(41)44-29(22-12-7-5-8-13-22)23-14-9-6-10-15-23/h5-17,28-29,31H,18-20H2,1-4H3,(H,35,42)/t28?,31-/m1/s1. The maximum absolute atomic E-state index is 14.1. The summed E-state index contributed by atoms with van der Waals surface area (Å²) < 4.78 is 16.8. The minimum absolute atomic E-state index is 0.0592. The molecule has 2 aromatic carbocycles. The third kappa shape index (κ3) is 8.03. The fourth-order valence-electron chi connectivity index (χ4n) is 5.14. The van der Waals surface area contributed by atoms with E-state index in [4.69, 9.17) is 14.2 Å². The number of benzene rings is 2. The molecule has 1 saturated heterocycles. The van der Waals surface area contributed by atoms with E-state index < -0.39 is 53.0 Å². The van der Waals surface area contributed by atoms with E-state index in [1.807, 2.05) is 66.0 Å². The number of thioether (sulfide) groups is 1. The summed E-state index contributed by atoms with van der Waals surface area (Å²) in [6.07, 6.45) is -1.76. The van der Waals surface area contributed by atoms with E-state index in [0.717, 1.165) is 21.0 Å². The van der Waals surface area contributed by atoms with Crippen LogP contribution in [0.25, 0.3) is 0 Å². The predicted octanol–water partition coefficient (Wildman–Crippen LogP) is 4.99. The van der Waals surface area contributed by atoms with Gasteiger partial charge in [0.05, 0.1) is 6.42 Å². The molecule has 3 amide bonds. The van der Waals surface area contributed by atoms with Crippen molar-refractivity contribution in [1.82, 2.24) is 15.3 Å². The van der Waals surface area contributed by atoms with Crippen LogP contribution in [0.4, 0.5) is 4.79 Å². The van der Waals surface area contributed by atoms with E-state index in [1.165, 1.54) is 34.9 Å². The summed E-state index contributed by atoms with van der Waals surface area (Å²) in [6, 6.07) is 20.8. The number of nitrogens with one attached hydrogen (secondary N) is 1. The fraction of sp³-hybridized carbons (Fsp3) is 0.324. The Hall–Kier alpha value is -4.62. The van der Waals surface area contributed by atoms with E-state index in [0.29, 0.717) is 5.57 Å². The Morgan fingerprint density at radius 2 is 1.62 bits per heavy atom. The van der Waals surface area contributed by atoms with Gasteiger partial charge in [0.1, 0.15) is 23.3 Å². The first kappa shape index (κ1) is 33.7. The third-order valence-electron chi connectivity index (χ3n) is 7.15. The average Bonchev–Trinajstić information content (AvgIpc) is 3.54. The van der Waals surface area contributed by atoms with Crippen LogP contribution >= 0.6 is 23.1 Å². The number of hydrogen-bond acceptors (Lipinski definition) is 10. The van der Waals surface area contributed by atoms with Crippen LogP contribution in [-0.2, 0) is 39.8 Å². The fourth-order valence-corrected chi connectivity index (χ4v) is 7.20. The van der Waals surface area contributed by atoms with E-state index in [9.17, 15) is 24.0 Å². The van der Waals surface area contributed by atoms with Gasteiger partial charge in [-0.1, -0.05) is 66.7 Å². The van der Waals surface area contributed by atoms with Crippen molar-refractivity contribution in [2.45, 2.75) is 57.2 Å². The number of carbonyl (C=O) groups excluding carboxylic acids is 5. The summed E-state index contributed by atoms with van der Waals surface area (Å²) in [5.41, 5.74) is 3.39. The SMILES string of the molecule is CC(=O)OCC1=C(C(=O)OC(c2ccccc2)c2ccccc2)N2C(=O)C(N(NC(=O)OC(C)(C)C)C(=O)Cc3cccs3)[C@H]2SC1. The number of carbonyl (C=O) groups is 5. The highest BCUT2D eigenvalue weighted by atomic mass is 32.2.